The first-order valence-electron chi connectivity index (χ1n) is 11.1. The molecular weight excluding hydrogens is 480 g/mol. The number of fused-ring (bicyclic) bond motifs is 6. The van der Waals surface area contributed by atoms with Crippen LogP contribution in [0.3, 0.4) is 0 Å². The Kier molecular flexibility index (Phi) is 5.15. The normalized spacial score (nSPS) is 12.1. The van der Waals surface area contributed by atoms with Gasteiger partial charge in [0.25, 0.3) is 0 Å². The number of hydrogen-bond acceptors (Lipinski definition) is 0. The van der Waals surface area contributed by atoms with E-state index in [9.17, 15) is 0 Å². The van der Waals surface area contributed by atoms with Gasteiger partial charge in [-0.25, -0.2) is 0 Å². The first-order chi connectivity index (χ1) is 15.0. The van der Waals surface area contributed by atoms with E-state index >= 15 is 0 Å². The van der Waals surface area contributed by atoms with Gasteiger partial charge in [-0.3, -0.25) is 0 Å². The van der Waals surface area contributed by atoms with Gasteiger partial charge in [0.1, 0.15) is 0 Å². The minimum absolute atomic E-state index is 0. The Hall–Kier alpha value is -2.28. The van der Waals surface area contributed by atoms with Crippen molar-refractivity contribution in [1.82, 2.24) is 0 Å². The molecule has 0 unspecified atom stereocenters. The topological polar surface area (TPSA) is 0 Å². The van der Waals surface area contributed by atoms with E-state index in [2.05, 4.69) is 112 Å². The van der Waals surface area contributed by atoms with E-state index in [1.54, 1.807) is 10.4 Å². The third-order valence-corrected chi connectivity index (χ3v) is 11.0. The zero-order chi connectivity index (χ0) is 21.3. The van der Waals surface area contributed by atoms with E-state index in [-0.39, 0.29) is 26.2 Å². The molecule has 0 aliphatic heterocycles. The fourth-order valence-electron chi connectivity index (χ4n) is 6.12. The molecule has 0 aliphatic rings. The summed E-state index contributed by atoms with van der Waals surface area (Å²) in [7, 11) is -2.00. The van der Waals surface area contributed by atoms with Gasteiger partial charge < -0.3 is 0 Å². The molecule has 0 N–H and O–H groups in total. The second-order valence-corrected chi connectivity index (χ2v) is 13.8. The van der Waals surface area contributed by atoms with Gasteiger partial charge in [0.2, 0.25) is 0 Å². The van der Waals surface area contributed by atoms with Crippen LogP contribution < -0.4 is 10.4 Å². The summed E-state index contributed by atoms with van der Waals surface area (Å²) in [6, 6.07) is 31.7. The Bertz CT molecular complexity index is 1510. The van der Waals surface area contributed by atoms with Crippen molar-refractivity contribution in [3.8, 4) is 0 Å². The maximum atomic E-state index is 2.56. The van der Waals surface area contributed by atoms with Crippen LogP contribution in [0.15, 0.2) is 84.9 Å². The van der Waals surface area contributed by atoms with Crippen LogP contribution in [0.5, 0.6) is 0 Å². The summed E-state index contributed by atoms with van der Waals surface area (Å²) in [5.74, 6) is 0. The number of hydrogen-bond donors (Lipinski definition) is 0. The molecule has 0 aliphatic carbocycles. The summed E-state index contributed by atoms with van der Waals surface area (Å²) in [5.41, 5.74) is 2.88. The van der Waals surface area contributed by atoms with Gasteiger partial charge in [0.05, 0.1) is 0 Å². The van der Waals surface area contributed by atoms with E-state index < -0.39 is 8.07 Å². The minimum atomic E-state index is -2.00. The Morgan fingerprint density at radius 3 is 1.41 bits per heavy atom. The Balaban J connectivity index is 0.00000216. The first-order valence-corrected chi connectivity index (χ1v) is 14.1. The predicted molar refractivity (Wildman–Crippen MR) is 140 cm³/mol. The fraction of sp³-hybridized carbons (Fsp3) is 0.133. The van der Waals surface area contributed by atoms with Crippen LogP contribution in [0, 0.1) is 13.8 Å². The van der Waals surface area contributed by atoms with Gasteiger partial charge in [-0.05, 0) is 10.8 Å². The van der Waals surface area contributed by atoms with Gasteiger partial charge in [0.15, 0.2) is 0 Å². The van der Waals surface area contributed by atoms with Crippen molar-refractivity contribution in [3.05, 3.63) is 96.1 Å². The molecule has 0 nitrogen and oxygen atoms in total. The van der Waals surface area contributed by atoms with Crippen molar-refractivity contribution in [2.24, 2.45) is 0 Å². The molecule has 6 aromatic rings. The fourth-order valence-corrected chi connectivity index (χ4v) is 10.3. The summed E-state index contributed by atoms with van der Waals surface area (Å²) in [6.07, 6.45) is 0. The van der Waals surface area contributed by atoms with Crippen molar-refractivity contribution in [3.63, 3.8) is 0 Å². The molecule has 0 bridgehead atoms. The molecule has 0 heterocycles. The molecule has 6 rings (SSSR count). The van der Waals surface area contributed by atoms with Crippen molar-refractivity contribution in [2.45, 2.75) is 26.9 Å². The second-order valence-electron chi connectivity index (χ2n) is 9.53. The van der Waals surface area contributed by atoms with Crippen LogP contribution in [0.25, 0.3) is 43.1 Å². The molecule has 0 saturated carbocycles. The molecule has 0 aromatic heterocycles. The van der Waals surface area contributed by atoms with E-state index in [1.165, 1.54) is 54.2 Å². The predicted octanol–water partition coefficient (Wildman–Crippen LogP) is 7.17. The van der Waals surface area contributed by atoms with Crippen molar-refractivity contribution >= 4 is 61.5 Å². The summed E-state index contributed by atoms with van der Waals surface area (Å²) in [6.45, 7) is 9.75. The summed E-state index contributed by atoms with van der Waals surface area (Å²) in [5, 5.41) is 14.4. The molecule has 0 saturated heterocycles. The van der Waals surface area contributed by atoms with Gasteiger partial charge in [-0.15, -0.1) is 56.9 Å². The van der Waals surface area contributed by atoms with E-state index in [4.69, 9.17) is 0 Å². The van der Waals surface area contributed by atoms with E-state index in [1.807, 2.05) is 0 Å². The van der Waals surface area contributed by atoms with Crippen molar-refractivity contribution in [1.29, 1.82) is 0 Å². The van der Waals surface area contributed by atoms with Crippen LogP contribution >= 0.6 is 0 Å². The van der Waals surface area contributed by atoms with Gasteiger partial charge >= 0.3 is 26.2 Å². The molecule has 0 atom stereocenters. The van der Waals surface area contributed by atoms with Crippen LogP contribution in [-0.4, -0.2) is 8.07 Å². The zero-order valence-corrected chi connectivity index (χ0v) is 22.5. The van der Waals surface area contributed by atoms with E-state index in [0.717, 1.165) is 0 Å². The van der Waals surface area contributed by atoms with Gasteiger partial charge in [-0.2, -0.15) is 10.4 Å². The van der Waals surface area contributed by atoms with E-state index in [0.29, 0.717) is 0 Å². The Morgan fingerprint density at radius 2 is 0.969 bits per heavy atom. The zero-order valence-electron chi connectivity index (χ0n) is 19.1. The molecule has 154 valence electrons. The monoisotopic (exact) mass is 504 g/mol. The molecule has 6 aromatic carbocycles. The maximum absolute atomic E-state index is 2.56. The smallest absolute Gasteiger partial charge is 0.158 e. The van der Waals surface area contributed by atoms with Crippen LogP contribution in [-0.2, 0) is 26.2 Å². The molecule has 0 radical (unpaired) electrons. The number of benzene rings is 4. The maximum Gasteiger partial charge on any atom is 2.00 e. The van der Waals surface area contributed by atoms with Gasteiger partial charge in [-0.1, -0.05) is 98.4 Å². The summed E-state index contributed by atoms with van der Waals surface area (Å²) in [4.78, 5) is 0. The average molecular weight is 506 g/mol. The molecule has 2 heteroatoms. The van der Waals surface area contributed by atoms with Crippen LogP contribution in [0.2, 0.25) is 13.1 Å². The van der Waals surface area contributed by atoms with Gasteiger partial charge in [0, 0.05) is 8.07 Å². The third-order valence-electron chi connectivity index (χ3n) is 7.21. The second kappa shape index (κ2) is 7.65. The van der Waals surface area contributed by atoms with Crippen molar-refractivity contribution in [2.75, 3.05) is 0 Å². The van der Waals surface area contributed by atoms with Crippen LogP contribution in [0.1, 0.15) is 11.1 Å². The number of aryl methyl sites for hydroxylation is 2. The quantitative estimate of drug-likeness (QED) is 0.173. The Morgan fingerprint density at radius 1 is 0.562 bits per heavy atom. The minimum Gasteiger partial charge on any atom is -0.158 e. The van der Waals surface area contributed by atoms with Crippen LogP contribution in [0.4, 0.5) is 0 Å². The first kappa shape index (κ1) is 21.6. The number of rotatable bonds is 2. The molecular formula is C30H26SiZr. The summed E-state index contributed by atoms with van der Waals surface area (Å²) >= 11 is 0. The standard InChI is InChI=1S/C30H26Si.Zr/c1-19-17-23-15-13-21-9-5-7-11-25(21)27(23)29(19)31(3,4)30-20(2)18-24-16-14-22-10-6-8-12-26(22)28(24)30;/h5-18H,1-4H3;/q-2;+2. The molecule has 32 heavy (non-hydrogen) atoms. The molecule has 0 spiro atoms. The summed E-state index contributed by atoms with van der Waals surface area (Å²) < 4.78 is 0. The average Bonchev–Trinajstić information content (AvgIpc) is 3.30. The molecule has 0 amide bonds. The molecule has 0 fully saturated rings. The largest absolute Gasteiger partial charge is 2.00 e. The Labute approximate surface area is 209 Å². The van der Waals surface area contributed by atoms with Crippen molar-refractivity contribution < 1.29 is 26.2 Å². The SMILES string of the molecule is Cc1[cH-]c2ccc3ccccc3c2c1[Si](C)(C)c1c(C)[cH-]c2ccc3ccccc3c12.[Zr+2]. The third kappa shape index (κ3) is 2.96.